The third-order valence-corrected chi connectivity index (χ3v) is 3.21. The molecule has 8 heteroatoms. The molecule has 2 rings (SSSR count). The Morgan fingerprint density at radius 2 is 1.67 bits per heavy atom. The van der Waals surface area contributed by atoms with Crippen molar-refractivity contribution in [1.82, 2.24) is 10.9 Å². The molecule has 0 atom stereocenters. The monoisotopic (exact) mass is 342 g/mol. The van der Waals surface area contributed by atoms with Gasteiger partial charge in [0.05, 0.1) is 10.6 Å². The Kier molecular flexibility index (Phi) is 5.49. The summed E-state index contributed by atoms with van der Waals surface area (Å²) in [5.41, 5.74) is 4.84. The molecule has 2 aromatic rings. The number of nitrogens with one attached hydrogen (secondary N) is 3. The molecule has 0 aromatic heterocycles. The van der Waals surface area contributed by atoms with Crippen LogP contribution in [0.25, 0.3) is 0 Å². The molecular formula is C16H11ClN4O3. The highest BCUT2D eigenvalue weighted by atomic mass is 35.5. The van der Waals surface area contributed by atoms with Crippen LogP contribution in [-0.4, -0.2) is 17.7 Å². The molecule has 7 nitrogen and oxygen atoms in total. The third kappa shape index (κ3) is 4.32. The van der Waals surface area contributed by atoms with E-state index in [0.29, 0.717) is 5.56 Å². The summed E-state index contributed by atoms with van der Waals surface area (Å²) in [4.78, 5) is 35.2. The molecule has 0 aliphatic carbocycles. The summed E-state index contributed by atoms with van der Waals surface area (Å²) in [6.45, 7) is 0. The minimum atomic E-state index is -1.06. The SMILES string of the molecule is N#Cc1cc(NC(=O)C(=O)NNC(=O)c2ccccc2)ccc1Cl. The number of amides is 3. The molecule has 0 aliphatic heterocycles. The third-order valence-electron chi connectivity index (χ3n) is 2.88. The number of hydrogen-bond acceptors (Lipinski definition) is 4. The number of halogens is 1. The number of rotatable bonds is 2. The molecule has 0 spiro atoms. The van der Waals surface area contributed by atoms with Crippen molar-refractivity contribution in [3.8, 4) is 6.07 Å². The molecule has 0 fully saturated rings. The predicted molar refractivity (Wildman–Crippen MR) is 86.8 cm³/mol. The smallest absolute Gasteiger partial charge is 0.318 e. The van der Waals surface area contributed by atoms with Crippen molar-refractivity contribution in [1.29, 1.82) is 5.26 Å². The largest absolute Gasteiger partial charge is 0.328 e. The van der Waals surface area contributed by atoms with E-state index < -0.39 is 17.7 Å². The average Bonchev–Trinajstić information content (AvgIpc) is 2.61. The molecule has 0 aliphatic rings. The fourth-order valence-electron chi connectivity index (χ4n) is 1.71. The quantitative estimate of drug-likeness (QED) is 0.568. The number of hydrazine groups is 1. The first-order chi connectivity index (χ1) is 11.5. The molecular weight excluding hydrogens is 332 g/mol. The van der Waals surface area contributed by atoms with E-state index in [4.69, 9.17) is 16.9 Å². The van der Waals surface area contributed by atoms with Crippen molar-refractivity contribution in [2.75, 3.05) is 5.32 Å². The Labute approximate surface area is 142 Å². The minimum Gasteiger partial charge on any atom is -0.318 e. The van der Waals surface area contributed by atoms with E-state index >= 15 is 0 Å². The van der Waals surface area contributed by atoms with Crippen LogP contribution in [0.1, 0.15) is 15.9 Å². The van der Waals surface area contributed by atoms with Crippen LogP contribution in [-0.2, 0) is 9.59 Å². The van der Waals surface area contributed by atoms with Crippen LogP contribution in [0.5, 0.6) is 0 Å². The van der Waals surface area contributed by atoms with E-state index in [-0.39, 0.29) is 16.3 Å². The lowest BCUT2D eigenvalue weighted by Crippen LogP contribution is -2.46. The van der Waals surface area contributed by atoms with E-state index in [2.05, 4.69) is 10.7 Å². The molecule has 0 radical (unpaired) electrons. The van der Waals surface area contributed by atoms with Crippen LogP contribution < -0.4 is 16.2 Å². The number of anilines is 1. The summed E-state index contributed by atoms with van der Waals surface area (Å²) in [5, 5.41) is 11.4. The number of nitrogens with zero attached hydrogens (tertiary/aromatic N) is 1. The topological polar surface area (TPSA) is 111 Å². The zero-order valence-corrected chi connectivity index (χ0v) is 12.9. The predicted octanol–water partition coefficient (Wildman–Crippen LogP) is 1.61. The van der Waals surface area contributed by atoms with Gasteiger partial charge in [-0.3, -0.25) is 25.2 Å². The zero-order valence-electron chi connectivity index (χ0n) is 12.2. The summed E-state index contributed by atoms with van der Waals surface area (Å²) in [5.74, 6) is -2.63. The van der Waals surface area contributed by atoms with Crippen LogP contribution in [0.2, 0.25) is 5.02 Å². The van der Waals surface area contributed by atoms with Gasteiger partial charge in [0.2, 0.25) is 0 Å². The Hall–Kier alpha value is -3.37. The normalized spacial score (nSPS) is 9.50. The Balaban J connectivity index is 1.92. The van der Waals surface area contributed by atoms with Crippen molar-refractivity contribution in [3.63, 3.8) is 0 Å². The van der Waals surface area contributed by atoms with E-state index in [9.17, 15) is 14.4 Å². The van der Waals surface area contributed by atoms with E-state index in [1.54, 1.807) is 30.3 Å². The van der Waals surface area contributed by atoms with Gasteiger partial charge in [0.15, 0.2) is 0 Å². The van der Waals surface area contributed by atoms with E-state index in [0.717, 1.165) is 0 Å². The van der Waals surface area contributed by atoms with Crippen molar-refractivity contribution in [2.24, 2.45) is 0 Å². The first-order valence-electron chi connectivity index (χ1n) is 6.67. The molecule has 0 unspecified atom stereocenters. The standard InChI is InChI=1S/C16H11ClN4O3/c17-13-7-6-12(8-11(13)9-18)19-15(23)16(24)21-20-14(22)10-4-2-1-3-5-10/h1-8H,(H,19,23)(H,20,22)(H,21,24). The second kappa shape index (κ2) is 7.76. The lowest BCUT2D eigenvalue weighted by atomic mass is 10.2. The highest BCUT2D eigenvalue weighted by Crippen LogP contribution is 2.19. The first kappa shape index (κ1) is 17.0. The summed E-state index contributed by atoms with van der Waals surface area (Å²) in [6, 6.07) is 14.2. The van der Waals surface area contributed by atoms with Crippen molar-refractivity contribution in [3.05, 3.63) is 64.7 Å². The number of carbonyl (C=O) groups excluding carboxylic acids is 3. The van der Waals surface area contributed by atoms with Gasteiger partial charge in [-0.05, 0) is 30.3 Å². The maximum atomic E-state index is 11.8. The number of carbonyl (C=O) groups is 3. The number of nitriles is 1. The van der Waals surface area contributed by atoms with Gasteiger partial charge in [-0.1, -0.05) is 29.8 Å². The fraction of sp³-hybridized carbons (Fsp3) is 0. The lowest BCUT2D eigenvalue weighted by Gasteiger charge is -2.08. The average molecular weight is 343 g/mol. The Bertz CT molecular complexity index is 831. The number of hydrogen-bond donors (Lipinski definition) is 3. The fourth-order valence-corrected chi connectivity index (χ4v) is 1.87. The first-order valence-corrected chi connectivity index (χ1v) is 7.05. The maximum absolute atomic E-state index is 11.8. The van der Waals surface area contributed by atoms with E-state index in [1.165, 1.54) is 18.2 Å². The van der Waals surface area contributed by atoms with Gasteiger partial charge in [0, 0.05) is 11.3 Å². The zero-order chi connectivity index (χ0) is 17.5. The highest BCUT2D eigenvalue weighted by molar-refractivity contribution is 6.39. The van der Waals surface area contributed by atoms with Gasteiger partial charge in [-0.25, -0.2) is 0 Å². The van der Waals surface area contributed by atoms with Crippen LogP contribution >= 0.6 is 11.6 Å². The minimum absolute atomic E-state index is 0.159. The molecule has 120 valence electrons. The van der Waals surface area contributed by atoms with Crippen molar-refractivity contribution in [2.45, 2.75) is 0 Å². The maximum Gasteiger partial charge on any atom is 0.328 e. The summed E-state index contributed by atoms with van der Waals surface area (Å²) in [6.07, 6.45) is 0. The molecule has 3 N–H and O–H groups in total. The molecule has 2 aromatic carbocycles. The molecule has 0 saturated heterocycles. The van der Waals surface area contributed by atoms with Gasteiger partial charge >= 0.3 is 11.8 Å². The van der Waals surface area contributed by atoms with Crippen LogP contribution in [0.3, 0.4) is 0 Å². The Morgan fingerprint density at radius 1 is 0.958 bits per heavy atom. The van der Waals surface area contributed by atoms with E-state index in [1.807, 2.05) is 11.5 Å². The van der Waals surface area contributed by atoms with Gasteiger partial charge in [-0.2, -0.15) is 5.26 Å². The summed E-state index contributed by atoms with van der Waals surface area (Å²) < 4.78 is 0. The van der Waals surface area contributed by atoms with Crippen LogP contribution in [0.4, 0.5) is 5.69 Å². The molecule has 24 heavy (non-hydrogen) atoms. The summed E-state index contributed by atoms with van der Waals surface area (Å²) in [7, 11) is 0. The van der Waals surface area contributed by atoms with Gasteiger partial charge in [-0.15, -0.1) is 0 Å². The Morgan fingerprint density at radius 3 is 2.33 bits per heavy atom. The molecule has 0 heterocycles. The number of benzene rings is 2. The van der Waals surface area contributed by atoms with Gasteiger partial charge in [0.25, 0.3) is 5.91 Å². The second-order valence-corrected chi connectivity index (χ2v) is 4.94. The van der Waals surface area contributed by atoms with Crippen molar-refractivity contribution >= 4 is 35.0 Å². The molecule has 3 amide bonds. The van der Waals surface area contributed by atoms with Crippen LogP contribution in [0, 0.1) is 11.3 Å². The van der Waals surface area contributed by atoms with Crippen molar-refractivity contribution < 1.29 is 14.4 Å². The van der Waals surface area contributed by atoms with Gasteiger partial charge in [0.1, 0.15) is 6.07 Å². The summed E-state index contributed by atoms with van der Waals surface area (Å²) >= 11 is 5.78. The molecule has 0 saturated carbocycles. The molecule has 0 bridgehead atoms. The highest BCUT2D eigenvalue weighted by Gasteiger charge is 2.15. The van der Waals surface area contributed by atoms with Crippen LogP contribution in [0.15, 0.2) is 48.5 Å². The second-order valence-electron chi connectivity index (χ2n) is 4.53. The lowest BCUT2D eigenvalue weighted by molar-refractivity contribution is -0.136. The van der Waals surface area contributed by atoms with Gasteiger partial charge < -0.3 is 5.32 Å².